The van der Waals surface area contributed by atoms with Gasteiger partial charge in [-0.2, -0.15) is 5.10 Å². The van der Waals surface area contributed by atoms with E-state index in [0.717, 1.165) is 36.8 Å². The lowest BCUT2D eigenvalue weighted by Gasteiger charge is -2.24. The SMILES string of the molecule is O=C(c1cc2ccccc2[nH]1)N1CCC[C@@H]1Cn1cccn1. The minimum atomic E-state index is 0.0888. The van der Waals surface area contributed by atoms with Crippen molar-refractivity contribution in [2.75, 3.05) is 6.54 Å². The summed E-state index contributed by atoms with van der Waals surface area (Å²) in [7, 11) is 0. The normalized spacial score (nSPS) is 18.2. The molecule has 1 atom stereocenters. The lowest BCUT2D eigenvalue weighted by Crippen LogP contribution is -2.38. The number of aromatic amines is 1. The lowest BCUT2D eigenvalue weighted by molar-refractivity contribution is 0.0716. The molecule has 1 aromatic carbocycles. The Bertz CT molecular complexity index is 757. The molecule has 22 heavy (non-hydrogen) atoms. The number of para-hydroxylation sites is 1. The number of carbonyl (C=O) groups excluding carboxylic acids is 1. The minimum absolute atomic E-state index is 0.0888. The van der Waals surface area contributed by atoms with Gasteiger partial charge in [0.1, 0.15) is 5.69 Å². The zero-order chi connectivity index (χ0) is 14.9. The molecule has 1 fully saturated rings. The van der Waals surface area contributed by atoms with Crippen LogP contribution in [0, 0.1) is 0 Å². The molecule has 0 radical (unpaired) electrons. The summed E-state index contributed by atoms with van der Waals surface area (Å²) in [6.45, 7) is 1.58. The van der Waals surface area contributed by atoms with Gasteiger partial charge in [-0.3, -0.25) is 9.48 Å². The van der Waals surface area contributed by atoms with E-state index < -0.39 is 0 Å². The van der Waals surface area contributed by atoms with Crippen LogP contribution in [0.5, 0.6) is 0 Å². The van der Waals surface area contributed by atoms with Gasteiger partial charge in [0.15, 0.2) is 0 Å². The topological polar surface area (TPSA) is 53.9 Å². The second kappa shape index (κ2) is 5.33. The third kappa shape index (κ3) is 2.28. The molecule has 2 aromatic heterocycles. The molecule has 1 aliphatic heterocycles. The van der Waals surface area contributed by atoms with Crippen LogP contribution in [0.4, 0.5) is 0 Å². The first kappa shape index (κ1) is 13.1. The highest BCUT2D eigenvalue weighted by molar-refractivity contribution is 5.98. The van der Waals surface area contributed by atoms with Gasteiger partial charge in [0, 0.05) is 29.8 Å². The van der Waals surface area contributed by atoms with Crippen LogP contribution >= 0.6 is 0 Å². The number of fused-ring (bicyclic) bond motifs is 1. The maximum absolute atomic E-state index is 12.8. The highest BCUT2D eigenvalue weighted by Gasteiger charge is 2.30. The third-order valence-corrected chi connectivity index (χ3v) is 4.36. The number of benzene rings is 1. The fraction of sp³-hybridized carbons (Fsp3) is 0.294. The van der Waals surface area contributed by atoms with E-state index in [1.807, 2.05) is 52.2 Å². The molecule has 0 bridgehead atoms. The third-order valence-electron chi connectivity index (χ3n) is 4.36. The van der Waals surface area contributed by atoms with E-state index in [1.54, 1.807) is 6.20 Å². The van der Waals surface area contributed by atoms with Crippen molar-refractivity contribution < 1.29 is 4.79 Å². The summed E-state index contributed by atoms with van der Waals surface area (Å²) in [5, 5.41) is 5.33. The molecule has 1 saturated heterocycles. The maximum Gasteiger partial charge on any atom is 0.270 e. The van der Waals surface area contributed by atoms with E-state index in [1.165, 1.54) is 0 Å². The Morgan fingerprint density at radius 2 is 2.23 bits per heavy atom. The first-order valence-corrected chi connectivity index (χ1v) is 7.67. The number of nitrogens with zero attached hydrogens (tertiary/aromatic N) is 3. The number of hydrogen-bond donors (Lipinski definition) is 1. The zero-order valence-corrected chi connectivity index (χ0v) is 12.3. The van der Waals surface area contributed by atoms with Crippen molar-refractivity contribution in [2.24, 2.45) is 0 Å². The predicted molar refractivity (Wildman–Crippen MR) is 84.6 cm³/mol. The number of nitrogens with one attached hydrogen (secondary N) is 1. The van der Waals surface area contributed by atoms with E-state index in [0.29, 0.717) is 5.69 Å². The quantitative estimate of drug-likeness (QED) is 0.807. The second-order valence-corrected chi connectivity index (χ2v) is 5.79. The molecule has 1 amide bonds. The van der Waals surface area contributed by atoms with Crippen LogP contribution in [0.2, 0.25) is 0 Å². The fourth-order valence-corrected chi connectivity index (χ4v) is 3.26. The van der Waals surface area contributed by atoms with Gasteiger partial charge in [-0.1, -0.05) is 18.2 Å². The molecule has 3 aromatic rings. The van der Waals surface area contributed by atoms with Gasteiger partial charge in [-0.15, -0.1) is 0 Å². The van der Waals surface area contributed by atoms with Crippen molar-refractivity contribution in [3.05, 3.63) is 54.5 Å². The molecular formula is C17H18N4O. The molecule has 4 rings (SSSR count). The van der Waals surface area contributed by atoms with Crippen LogP contribution in [0.25, 0.3) is 10.9 Å². The molecule has 112 valence electrons. The predicted octanol–water partition coefficient (Wildman–Crippen LogP) is 2.67. The van der Waals surface area contributed by atoms with E-state index in [-0.39, 0.29) is 11.9 Å². The largest absolute Gasteiger partial charge is 0.351 e. The number of rotatable bonds is 3. The summed E-state index contributed by atoms with van der Waals surface area (Å²) in [4.78, 5) is 18.0. The Morgan fingerprint density at radius 1 is 1.32 bits per heavy atom. The average Bonchev–Trinajstić information content (AvgIpc) is 3.27. The number of H-pyrrole nitrogens is 1. The Morgan fingerprint density at radius 3 is 3.05 bits per heavy atom. The number of likely N-dealkylation sites (tertiary alicyclic amines) is 1. The Hall–Kier alpha value is -2.56. The lowest BCUT2D eigenvalue weighted by atomic mass is 10.2. The highest BCUT2D eigenvalue weighted by atomic mass is 16.2. The van der Waals surface area contributed by atoms with Crippen molar-refractivity contribution in [3.63, 3.8) is 0 Å². The van der Waals surface area contributed by atoms with Gasteiger partial charge in [-0.25, -0.2) is 0 Å². The Labute approximate surface area is 128 Å². The van der Waals surface area contributed by atoms with Crippen molar-refractivity contribution in [3.8, 4) is 0 Å². The number of carbonyl (C=O) groups is 1. The second-order valence-electron chi connectivity index (χ2n) is 5.79. The molecule has 0 unspecified atom stereocenters. The molecule has 0 saturated carbocycles. The average molecular weight is 294 g/mol. The van der Waals surface area contributed by atoms with E-state index >= 15 is 0 Å². The van der Waals surface area contributed by atoms with Crippen LogP contribution in [0.15, 0.2) is 48.8 Å². The summed E-state index contributed by atoms with van der Waals surface area (Å²) >= 11 is 0. The molecular weight excluding hydrogens is 276 g/mol. The van der Waals surface area contributed by atoms with Gasteiger partial charge >= 0.3 is 0 Å². The maximum atomic E-state index is 12.8. The van der Waals surface area contributed by atoms with Crippen molar-refractivity contribution >= 4 is 16.8 Å². The van der Waals surface area contributed by atoms with Crippen LogP contribution < -0.4 is 0 Å². The monoisotopic (exact) mass is 294 g/mol. The summed E-state index contributed by atoms with van der Waals surface area (Å²) in [6, 6.07) is 12.1. The first-order valence-electron chi connectivity index (χ1n) is 7.67. The molecule has 1 N–H and O–H groups in total. The Balaban J connectivity index is 1.58. The van der Waals surface area contributed by atoms with Crippen LogP contribution in [0.1, 0.15) is 23.3 Å². The molecule has 0 spiro atoms. The smallest absolute Gasteiger partial charge is 0.270 e. The first-order chi connectivity index (χ1) is 10.8. The number of aromatic nitrogens is 3. The molecule has 1 aliphatic rings. The molecule has 5 nitrogen and oxygen atoms in total. The summed E-state index contributed by atoms with van der Waals surface area (Å²) < 4.78 is 1.90. The number of hydrogen-bond acceptors (Lipinski definition) is 2. The fourth-order valence-electron chi connectivity index (χ4n) is 3.26. The van der Waals surface area contributed by atoms with Gasteiger partial charge in [0.2, 0.25) is 0 Å². The summed E-state index contributed by atoms with van der Waals surface area (Å²) in [5.74, 6) is 0.0888. The van der Waals surface area contributed by atoms with E-state index in [2.05, 4.69) is 10.1 Å². The van der Waals surface area contributed by atoms with Crippen molar-refractivity contribution in [1.29, 1.82) is 0 Å². The van der Waals surface area contributed by atoms with Crippen LogP contribution in [0.3, 0.4) is 0 Å². The van der Waals surface area contributed by atoms with Gasteiger partial charge < -0.3 is 9.88 Å². The molecule has 0 aliphatic carbocycles. The number of amides is 1. The van der Waals surface area contributed by atoms with Gasteiger partial charge in [0.25, 0.3) is 5.91 Å². The Kier molecular flexibility index (Phi) is 3.18. The van der Waals surface area contributed by atoms with Crippen LogP contribution in [-0.4, -0.2) is 38.2 Å². The minimum Gasteiger partial charge on any atom is -0.351 e. The molecule has 3 heterocycles. The summed E-state index contributed by atoms with van der Waals surface area (Å²) in [5.41, 5.74) is 1.68. The molecule has 5 heteroatoms. The van der Waals surface area contributed by atoms with Crippen LogP contribution in [-0.2, 0) is 6.54 Å². The standard InChI is InChI=1S/C17H18N4O/c22-17(16-11-13-5-1-2-7-15(13)19-16)21-10-3-6-14(21)12-20-9-4-8-18-20/h1-2,4-5,7-9,11,14,19H,3,6,10,12H2/t14-/m1/s1. The van der Waals surface area contributed by atoms with Crippen molar-refractivity contribution in [2.45, 2.75) is 25.4 Å². The van der Waals surface area contributed by atoms with Gasteiger partial charge in [-0.05, 0) is 31.0 Å². The summed E-state index contributed by atoms with van der Waals surface area (Å²) in [6.07, 6.45) is 5.81. The van der Waals surface area contributed by atoms with Gasteiger partial charge in [0.05, 0.1) is 12.6 Å². The van der Waals surface area contributed by atoms with Crippen molar-refractivity contribution in [1.82, 2.24) is 19.7 Å². The highest BCUT2D eigenvalue weighted by Crippen LogP contribution is 2.23. The van der Waals surface area contributed by atoms with E-state index in [4.69, 9.17) is 0 Å². The van der Waals surface area contributed by atoms with E-state index in [9.17, 15) is 4.79 Å². The zero-order valence-electron chi connectivity index (χ0n) is 12.3.